The van der Waals surface area contributed by atoms with Crippen molar-refractivity contribution in [1.29, 1.82) is 0 Å². The minimum absolute atomic E-state index is 0.359. The molecule has 1 N–H and O–H groups in total. The van der Waals surface area contributed by atoms with Gasteiger partial charge in [0, 0.05) is 6.54 Å². The zero-order valence-corrected chi connectivity index (χ0v) is 14.4. The second kappa shape index (κ2) is 9.21. The number of hydrogen-bond donors (Lipinski definition) is 1. The first-order valence-corrected chi connectivity index (χ1v) is 9.55. The van der Waals surface area contributed by atoms with Crippen molar-refractivity contribution in [3.8, 4) is 0 Å². The summed E-state index contributed by atoms with van der Waals surface area (Å²) in [7, 11) is -3.35. The highest BCUT2D eigenvalue weighted by Crippen LogP contribution is 2.17. The summed E-state index contributed by atoms with van der Waals surface area (Å²) in [6, 6.07) is 7.17. The number of sulfonamides is 1. The van der Waals surface area contributed by atoms with Gasteiger partial charge in [0.25, 0.3) is 0 Å². The number of unbranched alkanes of at least 4 members (excludes halogenated alkanes) is 5. The monoisotopic (exact) mass is 311 g/mol. The lowest BCUT2D eigenvalue weighted by molar-refractivity contribution is 0.567. The number of benzene rings is 1. The lowest BCUT2D eigenvalue weighted by atomic mass is 10.0. The van der Waals surface area contributed by atoms with Crippen LogP contribution in [0.15, 0.2) is 29.2 Å². The normalized spacial score (nSPS) is 12.0. The van der Waals surface area contributed by atoms with E-state index in [0.29, 0.717) is 17.4 Å². The van der Waals surface area contributed by atoms with Crippen LogP contribution in [0.3, 0.4) is 0 Å². The van der Waals surface area contributed by atoms with Gasteiger partial charge in [-0.15, -0.1) is 0 Å². The molecule has 21 heavy (non-hydrogen) atoms. The standard InChI is InChI=1S/C17H29NO2S/c1-4-5-6-7-8-9-14-18-21(19,20)17-12-10-16(11-13-17)15(2)3/h10-13,15,18H,4-9,14H2,1-3H3. The van der Waals surface area contributed by atoms with Crippen molar-refractivity contribution in [3.63, 3.8) is 0 Å². The first-order valence-electron chi connectivity index (χ1n) is 8.07. The first kappa shape index (κ1) is 18.2. The lowest BCUT2D eigenvalue weighted by Gasteiger charge is -2.09. The Bertz CT molecular complexity index is 492. The Morgan fingerprint density at radius 1 is 0.952 bits per heavy atom. The van der Waals surface area contributed by atoms with E-state index in [1.807, 2.05) is 12.1 Å². The maximum absolute atomic E-state index is 12.1. The molecule has 0 unspecified atom stereocenters. The molecule has 0 aliphatic rings. The molecule has 1 aromatic carbocycles. The van der Waals surface area contributed by atoms with E-state index in [9.17, 15) is 8.42 Å². The fourth-order valence-electron chi connectivity index (χ4n) is 2.23. The molecule has 0 atom stereocenters. The topological polar surface area (TPSA) is 46.2 Å². The van der Waals surface area contributed by atoms with Crippen molar-refractivity contribution < 1.29 is 8.42 Å². The van der Waals surface area contributed by atoms with E-state index in [-0.39, 0.29) is 0 Å². The van der Waals surface area contributed by atoms with Gasteiger partial charge in [0.2, 0.25) is 10.0 Å². The zero-order valence-electron chi connectivity index (χ0n) is 13.6. The van der Waals surface area contributed by atoms with Crippen LogP contribution >= 0.6 is 0 Å². The third-order valence-electron chi connectivity index (χ3n) is 3.68. The molecule has 0 heterocycles. The number of nitrogens with one attached hydrogen (secondary N) is 1. The summed E-state index contributed by atoms with van der Waals surface area (Å²) in [5, 5.41) is 0. The predicted octanol–water partition coefficient (Wildman–Crippen LogP) is 4.45. The van der Waals surface area contributed by atoms with Crippen LogP contribution in [-0.2, 0) is 10.0 Å². The highest BCUT2D eigenvalue weighted by atomic mass is 32.2. The summed E-state index contributed by atoms with van der Waals surface area (Å²) in [6.45, 7) is 6.92. The Labute approximate surface area is 130 Å². The van der Waals surface area contributed by atoms with Crippen LogP contribution < -0.4 is 4.72 Å². The fourth-order valence-corrected chi connectivity index (χ4v) is 3.30. The average Bonchev–Trinajstić information content (AvgIpc) is 2.46. The zero-order chi connectivity index (χ0) is 15.7. The highest BCUT2D eigenvalue weighted by Gasteiger charge is 2.13. The second-order valence-electron chi connectivity index (χ2n) is 5.89. The van der Waals surface area contributed by atoms with Gasteiger partial charge in [-0.25, -0.2) is 13.1 Å². The summed E-state index contributed by atoms with van der Waals surface area (Å²) < 4.78 is 27.0. The van der Waals surface area contributed by atoms with E-state index >= 15 is 0 Å². The molecule has 0 fully saturated rings. The average molecular weight is 311 g/mol. The maximum atomic E-state index is 12.1. The van der Waals surface area contributed by atoms with Crippen LogP contribution in [0.1, 0.15) is 70.8 Å². The van der Waals surface area contributed by atoms with E-state index in [2.05, 4.69) is 25.5 Å². The molecule has 0 aliphatic heterocycles. The minimum atomic E-state index is -3.35. The van der Waals surface area contributed by atoms with Gasteiger partial charge in [0.15, 0.2) is 0 Å². The third kappa shape index (κ3) is 6.62. The molecule has 0 radical (unpaired) electrons. The summed E-state index contributed by atoms with van der Waals surface area (Å²) in [4.78, 5) is 0.359. The van der Waals surface area contributed by atoms with Crippen LogP contribution in [0.2, 0.25) is 0 Å². The van der Waals surface area contributed by atoms with Gasteiger partial charge in [0.05, 0.1) is 4.90 Å². The highest BCUT2D eigenvalue weighted by molar-refractivity contribution is 7.89. The quantitative estimate of drug-likeness (QED) is 0.649. The van der Waals surface area contributed by atoms with Gasteiger partial charge in [-0.1, -0.05) is 65.0 Å². The van der Waals surface area contributed by atoms with Crippen molar-refractivity contribution in [3.05, 3.63) is 29.8 Å². The maximum Gasteiger partial charge on any atom is 0.240 e. The molecule has 1 rings (SSSR count). The van der Waals surface area contributed by atoms with E-state index in [4.69, 9.17) is 0 Å². The Balaban J connectivity index is 2.39. The SMILES string of the molecule is CCCCCCCCNS(=O)(=O)c1ccc(C(C)C)cc1. The van der Waals surface area contributed by atoms with Crippen molar-refractivity contribution in [2.75, 3.05) is 6.54 Å². The predicted molar refractivity (Wildman–Crippen MR) is 89.1 cm³/mol. The summed E-state index contributed by atoms with van der Waals surface area (Å²) >= 11 is 0. The molecule has 1 aromatic rings. The van der Waals surface area contributed by atoms with Crippen LogP contribution in [0.5, 0.6) is 0 Å². The van der Waals surface area contributed by atoms with Crippen LogP contribution in [-0.4, -0.2) is 15.0 Å². The Hall–Kier alpha value is -0.870. The van der Waals surface area contributed by atoms with E-state index in [0.717, 1.165) is 18.4 Å². The molecule has 0 aliphatic carbocycles. The minimum Gasteiger partial charge on any atom is -0.211 e. The fraction of sp³-hybridized carbons (Fsp3) is 0.647. The molecule has 120 valence electrons. The second-order valence-corrected chi connectivity index (χ2v) is 7.66. The van der Waals surface area contributed by atoms with Crippen molar-refractivity contribution >= 4 is 10.0 Å². The summed E-state index contributed by atoms with van der Waals surface area (Å²) in [5.41, 5.74) is 1.16. The molecule has 0 spiro atoms. The first-order chi connectivity index (χ1) is 9.97. The number of hydrogen-bond acceptors (Lipinski definition) is 2. The molecule has 3 nitrogen and oxygen atoms in total. The van der Waals surface area contributed by atoms with Crippen molar-refractivity contribution in [2.24, 2.45) is 0 Å². The van der Waals surface area contributed by atoms with Gasteiger partial charge in [0.1, 0.15) is 0 Å². The van der Waals surface area contributed by atoms with Gasteiger partial charge < -0.3 is 0 Å². The molecule has 0 bridgehead atoms. The largest absolute Gasteiger partial charge is 0.240 e. The molecule has 0 aromatic heterocycles. The summed E-state index contributed by atoms with van der Waals surface area (Å²) in [5.74, 6) is 0.415. The Kier molecular flexibility index (Phi) is 7.97. The Morgan fingerprint density at radius 3 is 2.10 bits per heavy atom. The van der Waals surface area contributed by atoms with Crippen LogP contribution in [0, 0.1) is 0 Å². The van der Waals surface area contributed by atoms with E-state index in [1.165, 1.54) is 25.7 Å². The van der Waals surface area contributed by atoms with E-state index < -0.39 is 10.0 Å². The van der Waals surface area contributed by atoms with Crippen molar-refractivity contribution in [1.82, 2.24) is 4.72 Å². The van der Waals surface area contributed by atoms with Gasteiger partial charge in [-0.2, -0.15) is 0 Å². The van der Waals surface area contributed by atoms with Crippen LogP contribution in [0.4, 0.5) is 0 Å². The molecule has 0 saturated heterocycles. The van der Waals surface area contributed by atoms with Gasteiger partial charge in [-0.05, 0) is 30.0 Å². The molecular formula is C17H29NO2S. The van der Waals surface area contributed by atoms with Crippen molar-refractivity contribution in [2.45, 2.75) is 70.1 Å². The summed E-state index contributed by atoms with van der Waals surface area (Å²) in [6.07, 6.45) is 6.95. The molecule has 0 saturated carbocycles. The smallest absolute Gasteiger partial charge is 0.211 e. The Morgan fingerprint density at radius 2 is 1.52 bits per heavy atom. The number of rotatable bonds is 10. The van der Waals surface area contributed by atoms with Gasteiger partial charge >= 0.3 is 0 Å². The van der Waals surface area contributed by atoms with Crippen LogP contribution in [0.25, 0.3) is 0 Å². The third-order valence-corrected chi connectivity index (χ3v) is 5.16. The lowest BCUT2D eigenvalue weighted by Crippen LogP contribution is -2.24. The molecule has 4 heteroatoms. The molecule has 0 amide bonds. The molecular weight excluding hydrogens is 282 g/mol. The van der Waals surface area contributed by atoms with E-state index in [1.54, 1.807) is 12.1 Å². The van der Waals surface area contributed by atoms with Gasteiger partial charge in [-0.3, -0.25) is 0 Å².